The second-order valence-electron chi connectivity index (χ2n) is 17.8. The van der Waals surface area contributed by atoms with Crippen molar-refractivity contribution in [2.24, 2.45) is 0 Å². The zero-order valence-electron chi connectivity index (χ0n) is 40.1. The lowest BCUT2D eigenvalue weighted by molar-refractivity contribution is -0.870. The lowest BCUT2D eigenvalue weighted by atomic mass is 10.0. The maximum absolute atomic E-state index is 12.7. The van der Waals surface area contributed by atoms with Gasteiger partial charge in [0.15, 0.2) is 6.10 Å². The third kappa shape index (κ3) is 47.3. The molecular formula is C51H95NO8P+. The maximum Gasteiger partial charge on any atom is 0.472 e. The Morgan fingerprint density at radius 3 is 1.39 bits per heavy atom. The molecule has 0 bridgehead atoms. The summed E-state index contributed by atoms with van der Waals surface area (Å²) in [6.07, 6.45) is 51.8. The van der Waals surface area contributed by atoms with Gasteiger partial charge in [-0.15, -0.1) is 0 Å². The minimum atomic E-state index is -4.39. The quantitative estimate of drug-likeness (QED) is 0.0212. The van der Waals surface area contributed by atoms with Crippen molar-refractivity contribution in [1.29, 1.82) is 0 Å². The van der Waals surface area contributed by atoms with Gasteiger partial charge in [0, 0.05) is 12.8 Å². The number of unbranched alkanes of at least 4 members (excludes halogenated alkanes) is 23. The number of esters is 2. The summed E-state index contributed by atoms with van der Waals surface area (Å²) < 4.78 is 34.4. The van der Waals surface area contributed by atoms with E-state index in [4.69, 9.17) is 18.5 Å². The SMILES string of the molecule is CC/C=C/C/C=C/C/C=C/C/C=C/CCCCC(=O)O[C@H](COC(=O)CCCCCCCCCCCCCCCCCCCCCCCC)COP(=O)(O)OCC[N+](C)(C)C. The van der Waals surface area contributed by atoms with Gasteiger partial charge in [-0.1, -0.05) is 197 Å². The Kier molecular flexibility index (Phi) is 41.8. The van der Waals surface area contributed by atoms with Crippen LogP contribution in [0.15, 0.2) is 48.6 Å². The topological polar surface area (TPSA) is 108 Å². The molecule has 0 radical (unpaired) electrons. The molecule has 0 aliphatic rings. The number of carbonyl (C=O) groups excluding carboxylic acids is 2. The summed E-state index contributed by atoms with van der Waals surface area (Å²) in [5.41, 5.74) is 0. The number of rotatable bonds is 45. The van der Waals surface area contributed by atoms with Crippen LogP contribution in [-0.2, 0) is 32.7 Å². The van der Waals surface area contributed by atoms with E-state index in [2.05, 4.69) is 62.5 Å². The lowest BCUT2D eigenvalue weighted by Gasteiger charge is -2.24. The highest BCUT2D eigenvalue weighted by Gasteiger charge is 2.27. The van der Waals surface area contributed by atoms with Crippen LogP contribution in [0.5, 0.6) is 0 Å². The van der Waals surface area contributed by atoms with Gasteiger partial charge >= 0.3 is 19.8 Å². The third-order valence-electron chi connectivity index (χ3n) is 10.6. The van der Waals surface area contributed by atoms with E-state index in [0.29, 0.717) is 17.4 Å². The fraction of sp³-hybridized carbons (Fsp3) is 0.804. The molecule has 0 aliphatic heterocycles. The number of ether oxygens (including phenoxy) is 2. The molecular weight excluding hydrogens is 786 g/mol. The van der Waals surface area contributed by atoms with Crippen molar-refractivity contribution < 1.29 is 42.1 Å². The number of carbonyl (C=O) groups is 2. The summed E-state index contributed by atoms with van der Waals surface area (Å²) in [5, 5.41) is 0. The summed E-state index contributed by atoms with van der Waals surface area (Å²) in [5.74, 6) is -0.841. The Morgan fingerprint density at radius 1 is 0.525 bits per heavy atom. The van der Waals surface area contributed by atoms with Crippen LogP contribution in [0.3, 0.4) is 0 Å². The average Bonchev–Trinajstić information content (AvgIpc) is 3.21. The Bertz CT molecular complexity index is 1180. The van der Waals surface area contributed by atoms with Gasteiger partial charge in [-0.05, 0) is 51.4 Å². The van der Waals surface area contributed by atoms with E-state index >= 15 is 0 Å². The van der Waals surface area contributed by atoms with Crippen LogP contribution in [0.1, 0.15) is 213 Å². The minimum Gasteiger partial charge on any atom is -0.462 e. The maximum atomic E-state index is 12.7. The number of allylic oxidation sites excluding steroid dienone is 8. The molecule has 0 aromatic heterocycles. The second kappa shape index (κ2) is 43.2. The van der Waals surface area contributed by atoms with Gasteiger partial charge in [-0.25, -0.2) is 4.57 Å². The largest absolute Gasteiger partial charge is 0.472 e. The molecule has 0 aromatic rings. The van der Waals surface area contributed by atoms with Crippen molar-refractivity contribution in [3.05, 3.63) is 48.6 Å². The van der Waals surface area contributed by atoms with E-state index < -0.39 is 26.5 Å². The van der Waals surface area contributed by atoms with Crippen molar-refractivity contribution in [2.75, 3.05) is 47.5 Å². The zero-order valence-corrected chi connectivity index (χ0v) is 41.0. The van der Waals surface area contributed by atoms with Gasteiger partial charge in [-0.3, -0.25) is 18.6 Å². The predicted octanol–water partition coefficient (Wildman–Crippen LogP) is 14.6. The number of nitrogens with zero attached hydrogens (tertiary/aromatic N) is 1. The van der Waals surface area contributed by atoms with Gasteiger partial charge in [0.05, 0.1) is 27.7 Å². The number of hydrogen-bond acceptors (Lipinski definition) is 7. The number of quaternary nitrogens is 1. The molecule has 10 heteroatoms. The number of phosphoric ester groups is 1. The first-order valence-electron chi connectivity index (χ1n) is 24.9. The predicted molar refractivity (Wildman–Crippen MR) is 257 cm³/mol. The van der Waals surface area contributed by atoms with Crippen molar-refractivity contribution in [3.63, 3.8) is 0 Å². The second-order valence-corrected chi connectivity index (χ2v) is 19.3. The van der Waals surface area contributed by atoms with Crippen LogP contribution in [0.25, 0.3) is 0 Å². The average molecular weight is 881 g/mol. The van der Waals surface area contributed by atoms with Crippen LogP contribution >= 0.6 is 7.82 Å². The van der Waals surface area contributed by atoms with E-state index in [-0.39, 0.29) is 32.0 Å². The zero-order chi connectivity index (χ0) is 45.0. The Balaban J connectivity index is 4.25. The number of hydrogen-bond donors (Lipinski definition) is 1. The number of phosphoric acid groups is 1. The molecule has 0 saturated carbocycles. The highest BCUT2D eigenvalue weighted by atomic mass is 31.2. The molecule has 61 heavy (non-hydrogen) atoms. The number of likely N-dealkylation sites (N-methyl/N-ethyl adjacent to an activating group) is 1. The first-order chi connectivity index (χ1) is 29.5. The Labute approximate surface area is 375 Å². The summed E-state index contributed by atoms with van der Waals surface area (Å²) in [7, 11) is 1.45. The van der Waals surface area contributed by atoms with E-state index in [1.54, 1.807) is 0 Å². The molecule has 1 unspecified atom stereocenters. The summed E-state index contributed by atoms with van der Waals surface area (Å²) in [6.45, 7) is 4.28. The molecule has 1 N–H and O–H groups in total. The van der Waals surface area contributed by atoms with Crippen molar-refractivity contribution in [1.82, 2.24) is 0 Å². The molecule has 9 nitrogen and oxygen atoms in total. The third-order valence-corrected chi connectivity index (χ3v) is 11.6. The van der Waals surface area contributed by atoms with Gasteiger partial charge < -0.3 is 18.9 Å². The van der Waals surface area contributed by atoms with Crippen molar-refractivity contribution in [2.45, 2.75) is 219 Å². The molecule has 356 valence electrons. The van der Waals surface area contributed by atoms with Crippen LogP contribution in [-0.4, -0.2) is 74.9 Å². The van der Waals surface area contributed by atoms with Crippen LogP contribution in [0, 0.1) is 0 Å². The normalized spacial score (nSPS) is 13.9. The lowest BCUT2D eigenvalue weighted by Crippen LogP contribution is -2.37. The van der Waals surface area contributed by atoms with E-state index in [0.717, 1.165) is 57.8 Å². The Hall–Kier alpha value is -2.03. The van der Waals surface area contributed by atoms with Crippen molar-refractivity contribution >= 4 is 19.8 Å². The molecule has 0 amide bonds. The smallest absolute Gasteiger partial charge is 0.462 e. The first-order valence-corrected chi connectivity index (χ1v) is 26.4. The molecule has 0 rings (SSSR count). The standard InChI is InChI=1S/C51H94NO8P/c1-6-8-10-12-14-16-18-20-22-23-24-25-26-27-28-30-31-33-35-37-39-41-43-50(53)57-47-49(48-59-61(55,56)58-46-45-52(3,4)5)60-51(54)44-42-40-38-36-34-32-29-21-19-17-15-13-11-9-7-2/h9,11,15,17,21,29,34,36,49H,6-8,10,12-14,16,18-20,22-28,30-33,35,37-48H2,1-5H3/p+1/b11-9+,17-15+,29-21+,36-34+/t49-/m1/s1. The van der Waals surface area contributed by atoms with E-state index in [1.165, 1.54) is 122 Å². The molecule has 0 spiro atoms. The van der Waals surface area contributed by atoms with Gasteiger partial charge in [0.1, 0.15) is 19.8 Å². The molecule has 0 saturated heterocycles. The fourth-order valence-corrected chi connectivity index (χ4v) is 7.51. The fourth-order valence-electron chi connectivity index (χ4n) is 6.77. The van der Waals surface area contributed by atoms with Crippen molar-refractivity contribution in [3.8, 4) is 0 Å². The van der Waals surface area contributed by atoms with Gasteiger partial charge in [0.2, 0.25) is 0 Å². The van der Waals surface area contributed by atoms with E-state index in [9.17, 15) is 19.0 Å². The molecule has 2 atom stereocenters. The van der Waals surface area contributed by atoms with Crippen LogP contribution < -0.4 is 0 Å². The van der Waals surface area contributed by atoms with Crippen LogP contribution in [0.2, 0.25) is 0 Å². The van der Waals surface area contributed by atoms with Crippen LogP contribution in [0.4, 0.5) is 0 Å². The molecule has 0 aliphatic carbocycles. The monoisotopic (exact) mass is 881 g/mol. The summed E-state index contributed by atoms with van der Waals surface area (Å²) in [4.78, 5) is 35.5. The molecule has 0 aromatic carbocycles. The van der Waals surface area contributed by atoms with Gasteiger partial charge in [0.25, 0.3) is 0 Å². The molecule has 0 fully saturated rings. The Morgan fingerprint density at radius 2 is 0.934 bits per heavy atom. The van der Waals surface area contributed by atoms with E-state index in [1.807, 2.05) is 21.1 Å². The first kappa shape index (κ1) is 59.0. The van der Waals surface area contributed by atoms with Gasteiger partial charge in [-0.2, -0.15) is 0 Å². The minimum absolute atomic E-state index is 0.0233. The summed E-state index contributed by atoms with van der Waals surface area (Å²) >= 11 is 0. The highest BCUT2D eigenvalue weighted by Crippen LogP contribution is 2.43. The summed E-state index contributed by atoms with van der Waals surface area (Å²) in [6, 6.07) is 0. The highest BCUT2D eigenvalue weighted by molar-refractivity contribution is 7.47. The molecule has 0 heterocycles.